The molecule has 2 aromatic heterocycles. The summed E-state index contributed by atoms with van der Waals surface area (Å²) in [5, 5.41) is 0. The van der Waals surface area contributed by atoms with E-state index in [2.05, 4.69) is 4.98 Å². The Kier molecular flexibility index (Phi) is 2.91. The molecule has 4 heteroatoms. The smallest absolute Gasteiger partial charge is 0.0931 e. The molecule has 1 unspecified atom stereocenters. The number of aromatic nitrogens is 1. The molecule has 0 spiro atoms. The fourth-order valence-corrected chi connectivity index (χ4v) is 2.69. The van der Waals surface area contributed by atoms with Gasteiger partial charge in [-0.2, -0.15) is 0 Å². The minimum absolute atomic E-state index is 0.263. The molecule has 0 aliphatic heterocycles. The van der Waals surface area contributed by atoms with Gasteiger partial charge in [0.1, 0.15) is 0 Å². The molecule has 74 valence electrons. The molecule has 2 rings (SSSR count). The van der Waals surface area contributed by atoms with Gasteiger partial charge < -0.3 is 10.7 Å². The number of H-pyrrole nitrogens is 1. The van der Waals surface area contributed by atoms with Crippen LogP contribution in [0, 0.1) is 0 Å². The first-order chi connectivity index (χ1) is 6.81. The summed E-state index contributed by atoms with van der Waals surface area (Å²) in [6.07, 6.45) is 3.89. The van der Waals surface area contributed by atoms with Crippen LogP contribution in [0.15, 0.2) is 30.6 Å². The normalized spacial score (nSPS) is 13.0. The number of hydrogen-bond acceptors (Lipinski definition) is 2. The van der Waals surface area contributed by atoms with Crippen molar-refractivity contribution in [2.24, 2.45) is 5.73 Å². The molecule has 0 radical (unpaired) electrons. The Morgan fingerprint density at radius 1 is 1.43 bits per heavy atom. The molecule has 0 saturated heterocycles. The lowest BCUT2D eigenvalue weighted by molar-refractivity contribution is 0.837. The summed E-state index contributed by atoms with van der Waals surface area (Å²) >= 11 is 7.48. The maximum Gasteiger partial charge on any atom is 0.0931 e. The average Bonchev–Trinajstić information content (AvgIpc) is 2.79. The molecule has 0 aliphatic carbocycles. The maximum atomic E-state index is 5.89. The van der Waals surface area contributed by atoms with Crippen molar-refractivity contribution in [1.82, 2.24) is 4.98 Å². The lowest BCUT2D eigenvalue weighted by Crippen LogP contribution is -2.11. The van der Waals surface area contributed by atoms with Gasteiger partial charge in [-0.25, -0.2) is 0 Å². The van der Waals surface area contributed by atoms with Gasteiger partial charge in [0.25, 0.3) is 0 Å². The van der Waals surface area contributed by atoms with E-state index in [1.54, 1.807) is 11.3 Å². The number of aromatic amines is 1. The minimum atomic E-state index is 0.263. The summed E-state index contributed by atoms with van der Waals surface area (Å²) in [5.41, 5.74) is 6.97. The summed E-state index contributed by atoms with van der Waals surface area (Å²) in [5.74, 6) is 0.263. The molecule has 14 heavy (non-hydrogen) atoms. The molecule has 0 bridgehead atoms. The van der Waals surface area contributed by atoms with Crippen molar-refractivity contribution < 1.29 is 0 Å². The highest BCUT2D eigenvalue weighted by atomic mass is 35.5. The van der Waals surface area contributed by atoms with Crippen molar-refractivity contribution in [3.63, 3.8) is 0 Å². The van der Waals surface area contributed by atoms with E-state index in [9.17, 15) is 0 Å². The lowest BCUT2D eigenvalue weighted by Gasteiger charge is -2.10. The number of halogens is 1. The topological polar surface area (TPSA) is 41.8 Å². The van der Waals surface area contributed by atoms with Gasteiger partial charge >= 0.3 is 0 Å². The molecule has 0 aromatic carbocycles. The molecular weight excluding hydrogens is 216 g/mol. The average molecular weight is 227 g/mol. The van der Waals surface area contributed by atoms with Crippen molar-refractivity contribution in [2.45, 2.75) is 5.92 Å². The highest BCUT2D eigenvalue weighted by molar-refractivity contribution is 7.16. The van der Waals surface area contributed by atoms with Crippen LogP contribution >= 0.6 is 22.9 Å². The Labute approximate surface area is 91.7 Å². The van der Waals surface area contributed by atoms with Crippen molar-refractivity contribution in [2.75, 3.05) is 6.54 Å². The van der Waals surface area contributed by atoms with E-state index in [0.717, 1.165) is 4.34 Å². The number of nitrogens with one attached hydrogen (secondary N) is 1. The van der Waals surface area contributed by atoms with E-state index in [4.69, 9.17) is 17.3 Å². The van der Waals surface area contributed by atoms with Crippen molar-refractivity contribution in [3.05, 3.63) is 45.4 Å². The number of nitrogens with two attached hydrogens (primary N) is 1. The highest BCUT2D eigenvalue weighted by Gasteiger charge is 2.14. The first-order valence-electron chi connectivity index (χ1n) is 4.39. The molecule has 1 atom stereocenters. The molecule has 2 nitrogen and oxygen atoms in total. The molecule has 0 fully saturated rings. The fourth-order valence-electron chi connectivity index (χ4n) is 1.49. The van der Waals surface area contributed by atoms with Crippen LogP contribution in [0.25, 0.3) is 0 Å². The zero-order valence-corrected chi connectivity index (χ0v) is 9.11. The van der Waals surface area contributed by atoms with Gasteiger partial charge in [-0.05, 0) is 23.8 Å². The zero-order chi connectivity index (χ0) is 9.97. The van der Waals surface area contributed by atoms with Gasteiger partial charge in [-0.1, -0.05) is 11.6 Å². The molecule has 0 aliphatic rings. The predicted molar refractivity (Wildman–Crippen MR) is 61.0 cm³/mol. The van der Waals surface area contributed by atoms with Gasteiger partial charge in [0.2, 0.25) is 0 Å². The number of rotatable bonds is 3. The quantitative estimate of drug-likeness (QED) is 0.831. The Morgan fingerprint density at radius 2 is 2.29 bits per heavy atom. The van der Waals surface area contributed by atoms with Gasteiger partial charge in [-0.3, -0.25) is 0 Å². The van der Waals surface area contributed by atoms with Crippen molar-refractivity contribution >= 4 is 22.9 Å². The third kappa shape index (κ3) is 1.85. The SMILES string of the molecule is NCC(c1cc[nH]c1)c1ccc(Cl)s1. The van der Waals surface area contributed by atoms with Crippen LogP contribution in [0.3, 0.4) is 0 Å². The molecule has 0 saturated carbocycles. The van der Waals surface area contributed by atoms with Crippen LogP contribution in [0.1, 0.15) is 16.4 Å². The zero-order valence-electron chi connectivity index (χ0n) is 7.53. The molecular formula is C10H11ClN2S. The van der Waals surface area contributed by atoms with Crippen LogP contribution in [0.4, 0.5) is 0 Å². The summed E-state index contributed by atoms with van der Waals surface area (Å²) in [6, 6.07) is 6.00. The monoisotopic (exact) mass is 226 g/mol. The van der Waals surface area contributed by atoms with E-state index in [0.29, 0.717) is 6.54 Å². The number of hydrogen-bond donors (Lipinski definition) is 2. The Balaban J connectivity index is 2.31. The first-order valence-corrected chi connectivity index (χ1v) is 5.58. The van der Waals surface area contributed by atoms with Gasteiger partial charge in [-0.15, -0.1) is 11.3 Å². The first kappa shape index (κ1) is 9.77. The molecule has 0 amide bonds. The van der Waals surface area contributed by atoms with Gasteiger partial charge in [0, 0.05) is 29.7 Å². The Bertz CT molecular complexity index is 394. The highest BCUT2D eigenvalue weighted by Crippen LogP contribution is 2.31. The van der Waals surface area contributed by atoms with Crippen molar-refractivity contribution in [1.29, 1.82) is 0 Å². The minimum Gasteiger partial charge on any atom is -0.367 e. The standard InChI is InChI=1S/C10H11ClN2S/c11-10-2-1-9(14-10)8(5-12)7-3-4-13-6-7/h1-4,6,8,13H,5,12H2. The molecule has 2 heterocycles. The summed E-state index contributed by atoms with van der Waals surface area (Å²) in [4.78, 5) is 4.26. The van der Waals surface area contributed by atoms with E-state index >= 15 is 0 Å². The van der Waals surface area contributed by atoms with Crippen molar-refractivity contribution in [3.8, 4) is 0 Å². The van der Waals surface area contributed by atoms with Crippen LogP contribution in [0.5, 0.6) is 0 Å². The lowest BCUT2D eigenvalue weighted by atomic mass is 10.0. The van der Waals surface area contributed by atoms with E-state index < -0.39 is 0 Å². The second-order valence-corrected chi connectivity index (χ2v) is 4.82. The summed E-state index contributed by atoms with van der Waals surface area (Å²) < 4.78 is 0.814. The summed E-state index contributed by atoms with van der Waals surface area (Å²) in [7, 11) is 0. The number of thiophene rings is 1. The third-order valence-corrected chi connectivity index (χ3v) is 3.54. The Morgan fingerprint density at radius 3 is 2.79 bits per heavy atom. The van der Waals surface area contributed by atoms with Gasteiger partial charge in [0.05, 0.1) is 4.34 Å². The van der Waals surface area contributed by atoms with Gasteiger partial charge in [0.15, 0.2) is 0 Å². The van der Waals surface area contributed by atoms with E-state index in [-0.39, 0.29) is 5.92 Å². The van der Waals surface area contributed by atoms with Crippen LogP contribution < -0.4 is 5.73 Å². The second-order valence-electron chi connectivity index (χ2n) is 3.07. The predicted octanol–water partition coefficient (Wildman–Crippen LogP) is 2.82. The summed E-state index contributed by atoms with van der Waals surface area (Å²) in [6.45, 7) is 0.606. The van der Waals surface area contributed by atoms with E-state index in [1.165, 1.54) is 10.4 Å². The third-order valence-electron chi connectivity index (χ3n) is 2.20. The van der Waals surface area contributed by atoms with Crippen LogP contribution in [-0.4, -0.2) is 11.5 Å². The fraction of sp³-hybridized carbons (Fsp3) is 0.200. The second kappa shape index (κ2) is 4.17. The largest absolute Gasteiger partial charge is 0.367 e. The van der Waals surface area contributed by atoms with E-state index in [1.807, 2.05) is 30.6 Å². The Hall–Kier alpha value is -0.770. The molecule has 2 aromatic rings. The van der Waals surface area contributed by atoms with Crippen LogP contribution in [0.2, 0.25) is 4.34 Å². The molecule has 3 N–H and O–H groups in total. The van der Waals surface area contributed by atoms with Crippen LogP contribution in [-0.2, 0) is 0 Å². The maximum absolute atomic E-state index is 5.89.